The van der Waals surface area contributed by atoms with Crippen molar-refractivity contribution in [2.45, 2.75) is 58.9 Å². The summed E-state index contributed by atoms with van der Waals surface area (Å²) in [6, 6.07) is 0.159. The molecule has 0 aromatic heterocycles. The molecule has 0 amide bonds. The average Bonchev–Trinajstić information content (AvgIpc) is 2.84. The number of allylic oxidation sites excluding steroid dienone is 4. The minimum absolute atomic E-state index is 0.0479. The number of hydrogen-bond acceptors (Lipinski definition) is 3. The highest BCUT2D eigenvalue weighted by molar-refractivity contribution is 6.01. The first-order valence-corrected chi connectivity index (χ1v) is 9.50. The van der Waals surface area contributed by atoms with Crippen LogP contribution < -0.4 is 5.73 Å². The van der Waals surface area contributed by atoms with Gasteiger partial charge < -0.3 is 5.73 Å². The number of carbonyl (C=O) groups is 2. The van der Waals surface area contributed by atoms with Gasteiger partial charge in [-0.15, -0.1) is 0 Å². The Morgan fingerprint density at radius 3 is 2.67 bits per heavy atom. The maximum Gasteiger partial charge on any atom is 0.178 e. The van der Waals surface area contributed by atoms with Gasteiger partial charge in [0.25, 0.3) is 0 Å². The molecule has 3 heteroatoms. The van der Waals surface area contributed by atoms with Crippen LogP contribution in [0.25, 0.3) is 0 Å². The van der Waals surface area contributed by atoms with E-state index in [1.165, 1.54) is 12.0 Å². The number of ketones is 2. The van der Waals surface area contributed by atoms with Gasteiger partial charge in [0, 0.05) is 23.8 Å². The second-order valence-corrected chi connectivity index (χ2v) is 9.17. The minimum atomic E-state index is -0.248. The molecule has 0 aromatic rings. The molecule has 0 bridgehead atoms. The van der Waals surface area contributed by atoms with Crippen LogP contribution in [0.1, 0.15) is 52.9 Å². The molecule has 1 unspecified atom stereocenters. The fraction of sp³-hybridized carbons (Fsp3) is 0.714. The highest BCUT2D eigenvalue weighted by Crippen LogP contribution is 2.65. The maximum atomic E-state index is 13.3. The normalized spacial score (nSPS) is 48.4. The van der Waals surface area contributed by atoms with Crippen LogP contribution >= 0.6 is 0 Å². The van der Waals surface area contributed by atoms with Crippen LogP contribution in [0.3, 0.4) is 0 Å². The molecule has 0 heterocycles. The number of rotatable bonds is 1. The summed E-state index contributed by atoms with van der Waals surface area (Å²) < 4.78 is 0. The predicted molar refractivity (Wildman–Crippen MR) is 94.1 cm³/mol. The lowest BCUT2D eigenvalue weighted by Crippen LogP contribution is -2.55. The Balaban J connectivity index is 1.74. The number of fused-ring (bicyclic) bond motifs is 5. The van der Waals surface area contributed by atoms with E-state index in [2.05, 4.69) is 20.8 Å². The molecular formula is C21H29NO2. The largest absolute Gasteiger partial charge is 0.328 e. The molecule has 24 heavy (non-hydrogen) atoms. The zero-order valence-corrected chi connectivity index (χ0v) is 15.0. The third-order valence-electron chi connectivity index (χ3n) is 7.96. The summed E-state index contributed by atoms with van der Waals surface area (Å²) in [6.45, 7) is 6.60. The SMILES string of the molecule is CC(N)[C@H]1CC[C@H]2[C@@H]3CCC4=CC(=O)C=C[C@]4(C)[C@H]3C(=O)C[C@]12C. The van der Waals surface area contributed by atoms with E-state index in [0.29, 0.717) is 30.0 Å². The summed E-state index contributed by atoms with van der Waals surface area (Å²) in [5.74, 6) is 2.03. The first-order chi connectivity index (χ1) is 11.3. The van der Waals surface area contributed by atoms with E-state index < -0.39 is 0 Å². The van der Waals surface area contributed by atoms with Crippen molar-refractivity contribution in [3.05, 3.63) is 23.8 Å². The van der Waals surface area contributed by atoms with E-state index in [9.17, 15) is 9.59 Å². The van der Waals surface area contributed by atoms with Gasteiger partial charge in [0.05, 0.1) is 0 Å². The Morgan fingerprint density at radius 1 is 1.21 bits per heavy atom. The van der Waals surface area contributed by atoms with Gasteiger partial charge in [0.1, 0.15) is 5.78 Å². The van der Waals surface area contributed by atoms with Gasteiger partial charge in [-0.3, -0.25) is 9.59 Å². The second kappa shape index (κ2) is 5.14. The molecule has 3 nitrogen and oxygen atoms in total. The van der Waals surface area contributed by atoms with Gasteiger partial charge in [0.2, 0.25) is 0 Å². The second-order valence-electron chi connectivity index (χ2n) is 9.17. The minimum Gasteiger partial charge on any atom is -0.328 e. The molecular weight excluding hydrogens is 298 g/mol. The summed E-state index contributed by atoms with van der Waals surface area (Å²) >= 11 is 0. The zero-order valence-electron chi connectivity index (χ0n) is 15.0. The van der Waals surface area contributed by atoms with Gasteiger partial charge in [-0.25, -0.2) is 0 Å². The fourth-order valence-electron chi connectivity index (χ4n) is 6.93. The lowest BCUT2D eigenvalue weighted by Gasteiger charge is -2.56. The Kier molecular flexibility index (Phi) is 3.48. The molecule has 0 aromatic carbocycles. The fourth-order valence-corrected chi connectivity index (χ4v) is 6.93. The van der Waals surface area contributed by atoms with Crippen LogP contribution in [0.5, 0.6) is 0 Å². The summed E-state index contributed by atoms with van der Waals surface area (Å²) in [6.07, 6.45) is 10.5. The molecule has 130 valence electrons. The number of nitrogens with two attached hydrogens (primary N) is 1. The van der Waals surface area contributed by atoms with Crippen LogP contribution in [0, 0.1) is 34.5 Å². The summed E-state index contributed by atoms with van der Waals surface area (Å²) in [7, 11) is 0. The van der Waals surface area contributed by atoms with Gasteiger partial charge in [-0.1, -0.05) is 25.5 Å². The van der Waals surface area contributed by atoms with Crippen LogP contribution in [0.4, 0.5) is 0 Å². The quantitative estimate of drug-likeness (QED) is 0.802. The first-order valence-electron chi connectivity index (χ1n) is 9.50. The molecule has 2 N–H and O–H groups in total. The molecule has 4 aliphatic rings. The number of hydrogen-bond donors (Lipinski definition) is 1. The van der Waals surface area contributed by atoms with Crippen LogP contribution in [0.2, 0.25) is 0 Å². The van der Waals surface area contributed by atoms with Gasteiger partial charge in [0.15, 0.2) is 5.78 Å². The highest BCUT2D eigenvalue weighted by Gasteiger charge is 2.61. The lowest BCUT2D eigenvalue weighted by molar-refractivity contribution is -0.143. The number of Topliss-reactive ketones (excluding diaryl/α,β-unsaturated/α-hetero) is 1. The van der Waals surface area contributed by atoms with Gasteiger partial charge in [-0.05, 0) is 67.9 Å². The van der Waals surface area contributed by atoms with Crippen molar-refractivity contribution in [3.8, 4) is 0 Å². The lowest BCUT2D eigenvalue weighted by atomic mass is 9.47. The van der Waals surface area contributed by atoms with Crippen molar-refractivity contribution < 1.29 is 9.59 Å². The monoisotopic (exact) mass is 327 g/mol. The smallest absolute Gasteiger partial charge is 0.178 e. The first kappa shape index (κ1) is 16.3. The van der Waals surface area contributed by atoms with E-state index in [1.54, 1.807) is 12.2 Å². The summed E-state index contributed by atoms with van der Waals surface area (Å²) in [4.78, 5) is 25.1. The van der Waals surface area contributed by atoms with Crippen molar-refractivity contribution in [3.63, 3.8) is 0 Å². The van der Waals surface area contributed by atoms with Crippen molar-refractivity contribution in [1.29, 1.82) is 0 Å². The van der Waals surface area contributed by atoms with Crippen molar-refractivity contribution in [1.82, 2.24) is 0 Å². The molecule has 4 rings (SSSR count). The molecule has 3 saturated carbocycles. The summed E-state index contributed by atoms with van der Waals surface area (Å²) in [5, 5.41) is 0. The van der Waals surface area contributed by atoms with Crippen molar-refractivity contribution >= 4 is 11.6 Å². The standard InChI is InChI=1S/C21H29NO2/c1-12(22)16-6-7-17-15-5-4-13-10-14(23)8-9-20(13,2)19(15)18(24)11-21(16,17)3/h8-10,12,15-17,19H,4-7,11,22H2,1-3H3/t12?,15-,16+,17-,19+,20-,21+/m0/s1. The Morgan fingerprint density at radius 2 is 1.96 bits per heavy atom. The van der Waals surface area contributed by atoms with Gasteiger partial charge in [-0.2, -0.15) is 0 Å². The third kappa shape index (κ3) is 2.00. The Labute approximate surface area is 144 Å². The molecule has 7 atom stereocenters. The number of carbonyl (C=O) groups excluding carboxylic acids is 2. The predicted octanol–water partition coefficient (Wildman–Crippen LogP) is 3.44. The van der Waals surface area contributed by atoms with Gasteiger partial charge >= 0.3 is 0 Å². The van der Waals surface area contributed by atoms with Crippen molar-refractivity contribution in [2.24, 2.45) is 40.2 Å². The Bertz CT molecular complexity index is 661. The topological polar surface area (TPSA) is 60.2 Å². The zero-order chi connectivity index (χ0) is 17.3. The van der Waals surface area contributed by atoms with Crippen LogP contribution in [-0.2, 0) is 9.59 Å². The van der Waals surface area contributed by atoms with Crippen molar-refractivity contribution in [2.75, 3.05) is 0 Å². The molecule has 0 radical (unpaired) electrons. The molecule has 0 aliphatic heterocycles. The third-order valence-corrected chi connectivity index (χ3v) is 7.96. The molecule has 4 aliphatic carbocycles. The average molecular weight is 327 g/mol. The van der Waals surface area contributed by atoms with E-state index in [-0.39, 0.29) is 28.6 Å². The summed E-state index contributed by atoms with van der Waals surface area (Å²) in [5.41, 5.74) is 7.28. The van der Waals surface area contributed by atoms with E-state index >= 15 is 0 Å². The van der Waals surface area contributed by atoms with E-state index in [4.69, 9.17) is 5.73 Å². The van der Waals surface area contributed by atoms with E-state index in [0.717, 1.165) is 19.3 Å². The van der Waals surface area contributed by atoms with E-state index in [1.807, 2.05) is 6.08 Å². The molecule has 3 fully saturated rings. The maximum absolute atomic E-state index is 13.3. The highest BCUT2D eigenvalue weighted by atomic mass is 16.1. The van der Waals surface area contributed by atoms with Crippen LogP contribution in [-0.4, -0.2) is 17.6 Å². The molecule has 0 spiro atoms. The molecule has 0 saturated heterocycles. The van der Waals surface area contributed by atoms with Crippen LogP contribution in [0.15, 0.2) is 23.8 Å². The Hall–Kier alpha value is -1.22.